The van der Waals surface area contributed by atoms with E-state index in [1.165, 1.54) is 0 Å². The molecule has 15 heavy (non-hydrogen) atoms. The van der Waals surface area contributed by atoms with Crippen molar-refractivity contribution in [3.8, 4) is 12.1 Å². The Balaban J connectivity index is 2.87. The van der Waals surface area contributed by atoms with Crippen LogP contribution in [0.25, 0.3) is 0 Å². The van der Waals surface area contributed by atoms with Gasteiger partial charge in [-0.15, -0.1) is 0 Å². The maximum Gasteiger partial charge on any atom is 0.129 e. The summed E-state index contributed by atoms with van der Waals surface area (Å²) in [7, 11) is 1.87. The van der Waals surface area contributed by atoms with E-state index < -0.39 is 0 Å². The van der Waals surface area contributed by atoms with Crippen LogP contribution < -0.4 is 4.90 Å². The summed E-state index contributed by atoms with van der Waals surface area (Å²) >= 11 is 0. The molecular formula is C11H12N4. The molecule has 0 bridgehead atoms. The van der Waals surface area contributed by atoms with Crippen molar-refractivity contribution >= 4 is 5.82 Å². The monoisotopic (exact) mass is 200 g/mol. The molecule has 0 radical (unpaired) electrons. The molecule has 4 nitrogen and oxygen atoms in total. The van der Waals surface area contributed by atoms with Gasteiger partial charge < -0.3 is 4.90 Å². The molecule has 0 saturated heterocycles. The molecule has 1 unspecified atom stereocenters. The molecule has 0 aliphatic carbocycles. The molecule has 0 saturated carbocycles. The van der Waals surface area contributed by atoms with E-state index in [0.717, 1.165) is 5.82 Å². The SMILES string of the molecule is CC(CC#N)N(C)c1cc(C#N)ccn1. The summed E-state index contributed by atoms with van der Waals surface area (Å²) in [5.74, 6) is 0.719. The summed E-state index contributed by atoms with van der Waals surface area (Å²) in [6.45, 7) is 1.95. The van der Waals surface area contributed by atoms with Crippen molar-refractivity contribution in [2.75, 3.05) is 11.9 Å². The Morgan fingerprint density at radius 1 is 1.53 bits per heavy atom. The average molecular weight is 200 g/mol. The normalized spacial score (nSPS) is 11.2. The Morgan fingerprint density at radius 3 is 2.87 bits per heavy atom. The lowest BCUT2D eigenvalue weighted by Crippen LogP contribution is -2.29. The van der Waals surface area contributed by atoms with Crippen molar-refractivity contribution in [2.24, 2.45) is 0 Å². The molecule has 4 heteroatoms. The Morgan fingerprint density at radius 2 is 2.27 bits per heavy atom. The Bertz CT molecular complexity index is 413. The molecule has 0 aliphatic heterocycles. The Kier molecular flexibility index (Phi) is 3.65. The summed E-state index contributed by atoms with van der Waals surface area (Å²) in [6, 6.07) is 7.64. The largest absolute Gasteiger partial charge is 0.356 e. The van der Waals surface area contributed by atoms with Gasteiger partial charge in [0.25, 0.3) is 0 Å². The number of rotatable bonds is 3. The van der Waals surface area contributed by atoms with Gasteiger partial charge in [0.1, 0.15) is 5.82 Å². The van der Waals surface area contributed by atoms with Gasteiger partial charge in [0.15, 0.2) is 0 Å². The first-order valence-electron chi connectivity index (χ1n) is 4.65. The molecule has 0 aromatic carbocycles. The fourth-order valence-corrected chi connectivity index (χ4v) is 1.18. The number of aromatic nitrogens is 1. The highest BCUT2D eigenvalue weighted by molar-refractivity contribution is 5.45. The topological polar surface area (TPSA) is 63.7 Å². The van der Waals surface area contributed by atoms with Gasteiger partial charge in [-0.1, -0.05) is 0 Å². The van der Waals surface area contributed by atoms with Gasteiger partial charge >= 0.3 is 0 Å². The summed E-state index contributed by atoms with van der Waals surface area (Å²) in [5, 5.41) is 17.3. The number of hydrogen-bond acceptors (Lipinski definition) is 4. The molecule has 76 valence electrons. The molecule has 1 aromatic heterocycles. The van der Waals surface area contributed by atoms with Crippen molar-refractivity contribution in [1.82, 2.24) is 4.98 Å². The van der Waals surface area contributed by atoms with E-state index in [1.54, 1.807) is 18.3 Å². The van der Waals surface area contributed by atoms with Gasteiger partial charge in [0, 0.05) is 19.3 Å². The van der Waals surface area contributed by atoms with E-state index in [9.17, 15) is 0 Å². The third-order valence-corrected chi connectivity index (χ3v) is 2.28. The first kappa shape index (κ1) is 11.0. The van der Waals surface area contributed by atoms with Crippen LogP contribution in [0.15, 0.2) is 18.3 Å². The van der Waals surface area contributed by atoms with E-state index in [1.807, 2.05) is 18.9 Å². The number of pyridine rings is 1. The maximum absolute atomic E-state index is 8.74. The van der Waals surface area contributed by atoms with Gasteiger partial charge in [-0.3, -0.25) is 0 Å². The molecule has 1 aromatic rings. The lowest BCUT2D eigenvalue weighted by molar-refractivity contribution is 0.694. The van der Waals surface area contributed by atoms with Crippen LogP contribution in [0.5, 0.6) is 0 Å². The fourth-order valence-electron chi connectivity index (χ4n) is 1.18. The second kappa shape index (κ2) is 4.97. The zero-order chi connectivity index (χ0) is 11.3. The van der Waals surface area contributed by atoms with Gasteiger partial charge in [0.2, 0.25) is 0 Å². The average Bonchev–Trinajstić information content (AvgIpc) is 2.28. The van der Waals surface area contributed by atoms with Gasteiger partial charge in [0.05, 0.1) is 24.1 Å². The number of nitrogens with zero attached hydrogens (tertiary/aromatic N) is 4. The lowest BCUT2D eigenvalue weighted by atomic mass is 10.2. The van der Waals surface area contributed by atoms with Crippen molar-refractivity contribution in [2.45, 2.75) is 19.4 Å². The van der Waals surface area contributed by atoms with E-state index in [0.29, 0.717) is 12.0 Å². The summed E-state index contributed by atoms with van der Waals surface area (Å²) in [5.41, 5.74) is 0.580. The molecule has 1 atom stereocenters. The molecule has 0 spiro atoms. The summed E-state index contributed by atoms with van der Waals surface area (Å²) < 4.78 is 0. The quantitative estimate of drug-likeness (QED) is 0.744. The van der Waals surface area contributed by atoms with Crippen LogP contribution in [0.1, 0.15) is 18.9 Å². The maximum atomic E-state index is 8.74. The van der Waals surface area contributed by atoms with E-state index in [-0.39, 0.29) is 6.04 Å². The second-order valence-electron chi connectivity index (χ2n) is 3.34. The first-order chi connectivity index (χ1) is 7.19. The Hall–Kier alpha value is -2.07. The minimum atomic E-state index is 0.0939. The Labute approximate surface area is 89.4 Å². The smallest absolute Gasteiger partial charge is 0.129 e. The highest BCUT2D eigenvalue weighted by Crippen LogP contribution is 2.14. The predicted octanol–water partition coefficient (Wildman–Crippen LogP) is 1.69. The molecular weight excluding hydrogens is 188 g/mol. The predicted molar refractivity (Wildman–Crippen MR) is 57.0 cm³/mol. The number of hydrogen-bond donors (Lipinski definition) is 0. The fraction of sp³-hybridized carbons (Fsp3) is 0.364. The van der Waals surface area contributed by atoms with Crippen molar-refractivity contribution < 1.29 is 0 Å². The highest BCUT2D eigenvalue weighted by atomic mass is 15.2. The zero-order valence-electron chi connectivity index (χ0n) is 8.81. The van der Waals surface area contributed by atoms with E-state index >= 15 is 0 Å². The van der Waals surface area contributed by atoms with E-state index in [4.69, 9.17) is 10.5 Å². The molecule has 0 N–H and O–H groups in total. The summed E-state index contributed by atoms with van der Waals surface area (Å²) in [6.07, 6.45) is 2.04. The standard InChI is InChI=1S/C11H12N4/c1-9(3-5-12)15(2)11-7-10(8-13)4-6-14-11/h4,6-7,9H,3H2,1-2H3. The molecule has 1 rings (SSSR count). The van der Waals surface area contributed by atoms with Crippen LogP contribution >= 0.6 is 0 Å². The molecule has 0 aliphatic rings. The zero-order valence-corrected chi connectivity index (χ0v) is 8.81. The molecule has 0 amide bonds. The second-order valence-corrected chi connectivity index (χ2v) is 3.34. The molecule has 1 heterocycles. The van der Waals surface area contributed by atoms with Crippen molar-refractivity contribution in [1.29, 1.82) is 10.5 Å². The van der Waals surface area contributed by atoms with Crippen LogP contribution in [0.3, 0.4) is 0 Å². The minimum Gasteiger partial charge on any atom is -0.356 e. The van der Waals surface area contributed by atoms with Crippen LogP contribution in [0, 0.1) is 22.7 Å². The lowest BCUT2D eigenvalue weighted by Gasteiger charge is -2.23. The number of anilines is 1. The van der Waals surface area contributed by atoms with Crippen LogP contribution in [0.2, 0.25) is 0 Å². The van der Waals surface area contributed by atoms with Crippen LogP contribution in [0.4, 0.5) is 5.82 Å². The van der Waals surface area contributed by atoms with Crippen LogP contribution in [-0.2, 0) is 0 Å². The third-order valence-electron chi connectivity index (χ3n) is 2.28. The van der Waals surface area contributed by atoms with Gasteiger partial charge in [-0.05, 0) is 19.1 Å². The molecule has 0 fully saturated rings. The third kappa shape index (κ3) is 2.69. The van der Waals surface area contributed by atoms with Crippen LogP contribution in [-0.4, -0.2) is 18.1 Å². The van der Waals surface area contributed by atoms with Gasteiger partial charge in [-0.2, -0.15) is 10.5 Å². The van der Waals surface area contributed by atoms with Crippen molar-refractivity contribution in [3.63, 3.8) is 0 Å². The van der Waals surface area contributed by atoms with Crippen molar-refractivity contribution in [3.05, 3.63) is 23.9 Å². The number of nitriles is 2. The highest BCUT2D eigenvalue weighted by Gasteiger charge is 2.10. The van der Waals surface area contributed by atoms with E-state index in [2.05, 4.69) is 17.1 Å². The first-order valence-corrected chi connectivity index (χ1v) is 4.65. The van der Waals surface area contributed by atoms with Gasteiger partial charge in [-0.25, -0.2) is 4.98 Å². The minimum absolute atomic E-state index is 0.0939. The summed E-state index contributed by atoms with van der Waals surface area (Å²) in [4.78, 5) is 6.05.